The number of anilines is 1. The lowest BCUT2D eigenvalue weighted by Crippen LogP contribution is -2.30. The van der Waals surface area contributed by atoms with E-state index in [9.17, 15) is 4.79 Å². The van der Waals surface area contributed by atoms with Crippen LogP contribution in [0.25, 0.3) is 0 Å². The number of halogens is 1. The third-order valence-electron chi connectivity index (χ3n) is 2.89. The van der Waals surface area contributed by atoms with Gasteiger partial charge in [-0.05, 0) is 38.1 Å². The van der Waals surface area contributed by atoms with Gasteiger partial charge in [-0.3, -0.25) is 5.01 Å². The highest BCUT2D eigenvalue weighted by Gasteiger charge is 2.32. The largest absolute Gasteiger partial charge is 0.303 e. The molecule has 3 nitrogen and oxygen atoms in total. The molecule has 1 aliphatic heterocycles. The summed E-state index contributed by atoms with van der Waals surface area (Å²) in [5.41, 5.74) is 1.89. The number of hydrogen-bond acceptors (Lipinski definition) is 3. The summed E-state index contributed by atoms with van der Waals surface area (Å²) in [4.78, 5) is 10.9. The van der Waals surface area contributed by atoms with Gasteiger partial charge in [0.25, 0.3) is 0 Å². The lowest BCUT2D eigenvalue weighted by molar-refractivity contribution is -0.109. The third-order valence-corrected chi connectivity index (χ3v) is 3.42. The lowest BCUT2D eigenvalue weighted by Gasteiger charge is -2.22. The van der Waals surface area contributed by atoms with Crippen molar-refractivity contribution in [2.75, 3.05) is 5.01 Å². The standard InChI is InChI=1S/C12H13BrN2O/c1-8-12(7-16)9(2)15(14-8)11-5-3-10(13)4-6-11/h3-7,9,12H,1-2H3. The predicted molar refractivity (Wildman–Crippen MR) is 68.7 cm³/mol. The molecular weight excluding hydrogens is 268 g/mol. The first-order valence-corrected chi connectivity index (χ1v) is 5.98. The Kier molecular flexibility index (Phi) is 3.10. The van der Waals surface area contributed by atoms with Crippen molar-refractivity contribution in [3.05, 3.63) is 28.7 Å². The Labute approximate surface area is 103 Å². The molecule has 1 heterocycles. The SMILES string of the molecule is CC1=NN(c2ccc(Br)cc2)C(C)C1C=O. The van der Waals surface area contributed by atoms with Crippen LogP contribution in [0.15, 0.2) is 33.8 Å². The fourth-order valence-corrected chi connectivity index (χ4v) is 2.19. The number of carbonyl (C=O) groups excluding carboxylic acids is 1. The van der Waals surface area contributed by atoms with E-state index in [1.807, 2.05) is 43.1 Å². The zero-order valence-corrected chi connectivity index (χ0v) is 10.8. The summed E-state index contributed by atoms with van der Waals surface area (Å²) in [6, 6.07) is 8.02. The van der Waals surface area contributed by atoms with Gasteiger partial charge in [0, 0.05) is 10.2 Å². The van der Waals surface area contributed by atoms with Crippen LogP contribution in [0.4, 0.5) is 5.69 Å². The van der Waals surface area contributed by atoms with E-state index in [0.717, 1.165) is 22.2 Å². The second-order valence-electron chi connectivity index (χ2n) is 3.96. The Balaban J connectivity index is 2.30. The maximum atomic E-state index is 10.9. The van der Waals surface area contributed by atoms with Gasteiger partial charge in [0.2, 0.25) is 0 Å². The monoisotopic (exact) mass is 280 g/mol. The Morgan fingerprint density at radius 2 is 2.00 bits per heavy atom. The molecule has 0 aliphatic carbocycles. The molecule has 16 heavy (non-hydrogen) atoms. The highest BCUT2D eigenvalue weighted by atomic mass is 79.9. The Hall–Kier alpha value is -1.16. The second kappa shape index (κ2) is 4.37. The molecule has 0 saturated carbocycles. The van der Waals surface area contributed by atoms with Crippen molar-refractivity contribution in [2.45, 2.75) is 19.9 Å². The van der Waals surface area contributed by atoms with E-state index in [4.69, 9.17) is 0 Å². The molecule has 0 radical (unpaired) electrons. The van der Waals surface area contributed by atoms with Gasteiger partial charge in [0.15, 0.2) is 0 Å². The average molecular weight is 281 g/mol. The van der Waals surface area contributed by atoms with E-state index in [0.29, 0.717) is 0 Å². The van der Waals surface area contributed by atoms with Crippen molar-refractivity contribution in [3.8, 4) is 0 Å². The molecule has 0 fully saturated rings. The van der Waals surface area contributed by atoms with Crippen molar-refractivity contribution in [1.29, 1.82) is 0 Å². The molecule has 4 heteroatoms. The molecular formula is C12H13BrN2O. The molecule has 0 N–H and O–H groups in total. The number of hydrogen-bond donors (Lipinski definition) is 0. The van der Waals surface area contributed by atoms with Crippen molar-refractivity contribution < 1.29 is 4.79 Å². The minimum Gasteiger partial charge on any atom is -0.303 e. The van der Waals surface area contributed by atoms with Crippen LogP contribution in [0.5, 0.6) is 0 Å². The zero-order valence-electron chi connectivity index (χ0n) is 9.22. The van der Waals surface area contributed by atoms with Crippen LogP contribution < -0.4 is 5.01 Å². The minimum atomic E-state index is -0.0938. The first kappa shape index (κ1) is 11.3. The van der Waals surface area contributed by atoms with E-state index >= 15 is 0 Å². The fraction of sp³-hybridized carbons (Fsp3) is 0.333. The van der Waals surface area contributed by atoms with Crippen LogP contribution in [-0.2, 0) is 4.79 Å². The molecule has 0 bridgehead atoms. The molecule has 1 aromatic carbocycles. The summed E-state index contributed by atoms with van der Waals surface area (Å²) < 4.78 is 1.04. The van der Waals surface area contributed by atoms with Gasteiger partial charge in [0.05, 0.1) is 17.6 Å². The van der Waals surface area contributed by atoms with Crippen molar-refractivity contribution in [2.24, 2.45) is 11.0 Å². The van der Waals surface area contributed by atoms with E-state index in [-0.39, 0.29) is 12.0 Å². The molecule has 0 aromatic heterocycles. The lowest BCUT2D eigenvalue weighted by atomic mass is 9.99. The van der Waals surface area contributed by atoms with Gasteiger partial charge in [-0.25, -0.2) is 0 Å². The number of rotatable bonds is 2. The summed E-state index contributed by atoms with van der Waals surface area (Å²) in [5, 5.41) is 6.33. The summed E-state index contributed by atoms with van der Waals surface area (Å²) in [6.45, 7) is 3.91. The van der Waals surface area contributed by atoms with Gasteiger partial charge in [-0.15, -0.1) is 0 Å². The van der Waals surface area contributed by atoms with E-state index < -0.39 is 0 Å². The summed E-state index contributed by atoms with van der Waals surface area (Å²) in [6.07, 6.45) is 0.975. The summed E-state index contributed by atoms with van der Waals surface area (Å²) >= 11 is 3.40. The second-order valence-corrected chi connectivity index (χ2v) is 4.88. The van der Waals surface area contributed by atoms with Gasteiger partial charge in [-0.2, -0.15) is 5.10 Å². The van der Waals surface area contributed by atoms with Crippen LogP contribution in [0.2, 0.25) is 0 Å². The van der Waals surface area contributed by atoms with Gasteiger partial charge in [-0.1, -0.05) is 15.9 Å². The molecule has 2 unspecified atom stereocenters. The number of nitrogens with zero attached hydrogens (tertiary/aromatic N) is 2. The molecule has 2 atom stereocenters. The molecule has 1 aromatic rings. The average Bonchev–Trinajstić information content (AvgIpc) is 2.55. The first-order valence-electron chi connectivity index (χ1n) is 5.18. The maximum absolute atomic E-state index is 10.9. The Morgan fingerprint density at radius 1 is 1.38 bits per heavy atom. The summed E-state index contributed by atoms with van der Waals surface area (Å²) in [7, 11) is 0. The normalized spacial score (nSPS) is 24.4. The van der Waals surface area contributed by atoms with E-state index in [1.165, 1.54) is 0 Å². The van der Waals surface area contributed by atoms with Crippen LogP contribution in [0, 0.1) is 5.92 Å². The molecule has 2 rings (SSSR count). The molecule has 0 amide bonds. The van der Waals surface area contributed by atoms with Crippen molar-refractivity contribution in [1.82, 2.24) is 0 Å². The van der Waals surface area contributed by atoms with Crippen LogP contribution in [0.3, 0.4) is 0 Å². The molecule has 1 aliphatic rings. The zero-order chi connectivity index (χ0) is 11.7. The van der Waals surface area contributed by atoms with Gasteiger partial charge in [0.1, 0.15) is 6.29 Å². The molecule has 84 valence electrons. The van der Waals surface area contributed by atoms with Crippen LogP contribution in [-0.4, -0.2) is 18.0 Å². The number of hydrazone groups is 1. The summed E-state index contributed by atoms with van der Waals surface area (Å²) in [5.74, 6) is -0.0938. The topological polar surface area (TPSA) is 32.7 Å². The number of aldehydes is 1. The molecule has 0 spiro atoms. The van der Waals surface area contributed by atoms with Crippen LogP contribution >= 0.6 is 15.9 Å². The minimum absolute atomic E-state index is 0.0938. The van der Waals surface area contributed by atoms with E-state index in [1.54, 1.807) is 0 Å². The van der Waals surface area contributed by atoms with Crippen LogP contribution in [0.1, 0.15) is 13.8 Å². The van der Waals surface area contributed by atoms with Gasteiger partial charge < -0.3 is 4.79 Å². The quantitative estimate of drug-likeness (QED) is 0.781. The Morgan fingerprint density at radius 3 is 2.50 bits per heavy atom. The highest BCUT2D eigenvalue weighted by Crippen LogP contribution is 2.28. The fourth-order valence-electron chi connectivity index (χ4n) is 1.93. The van der Waals surface area contributed by atoms with Gasteiger partial charge >= 0.3 is 0 Å². The van der Waals surface area contributed by atoms with Crippen molar-refractivity contribution >= 4 is 33.6 Å². The van der Waals surface area contributed by atoms with E-state index in [2.05, 4.69) is 21.0 Å². The number of benzene rings is 1. The van der Waals surface area contributed by atoms with Crippen molar-refractivity contribution in [3.63, 3.8) is 0 Å². The maximum Gasteiger partial charge on any atom is 0.130 e. The number of carbonyl (C=O) groups is 1. The molecule has 0 saturated heterocycles. The highest BCUT2D eigenvalue weighted by molar-refractivity contribution is 9.10. The smallest absolute Gasteiger partial charge is 0.130 e. The first-order chi connectivity index (χ1) is 7.63. The third kappa shape index (κ3) is 1.89. The predicted octanol–water partition coefficient (Wildman–Crippen LogP) is 2.85. The Bertz CT molecular complexity index is 427.